The fraction of sp³-hybridized carbons (Fsp3) is 0.600. The van der Waals surface area contributed by atoms with Crippen LogP contribution in [0.25, 0.3) is 22.3 Å². The van der Waals surface area contributed by atoms with Crippen LogP contribution >= 0.6 is 0 Å². The molecule has 180 valence electrons. The largest absolute Gasteiger partial charge is 0.495 e. The predicted molar refractivity (Wildman–Crippen MR) is 127 cm³/mol. The number of aromatic nitrogens is 3. The van der Waals surface area contributed by atoms with Gasteiger partial charge in [-0.25, -0.2) is 0 Å². The van der Waals surface area contributed by atoms with Crippen molar-refractivity contribution in [2.75, 3.05) is 47.6 Å². The fourth-order valence-electron chi connectivity index (χ4n) is 4.79. The van der Waals surface area contributed by atoms with E-state index in [1.807, 2.05) is 12.1 Å². The summed E-state index contributed by atoms with van der Waals surface area (Å²) < 4.78 is 24.2. The minimum absolute atomic E-state index is 0.559. The topological polar surface area (TPSA) is 74.8 Å². The number of fused-ring (bicyclic) bond motifs is 1. The van der Waals surface area contributed by atoms with Crippen molar-refractivity contribution < 1.29 is 18.7 Å². The highest BCUT2D eigenvalue weighted by Gasteiger charge is 2.22. The minimum atomic E-state index is 0.559. The molecule has 3 aromatic rings. The first-order chi connectivity index (χ1) is 16.2. The molecule has 33 heavy (non-hydrogen) atoms. The Morgan fingerprint density at radius 2 is 1.82 bits per heavy atom. The van der Waals surface area contributed by atoms with E-state index in [1.165, 1.54) is 32.1 Å². The Bertz CT molecular complexity index is 1000. The van der Waals surface area contributed by atoms with Crippen LogP contribution in [0.15, 0.2) is 28.9 Å². The Hall–Kier alpha value is -2.42. The molecule has 0 bridgehead atoms. The summed E-state index contributed by atoms with van der Waals surface area (Å²) in [6.07, 6.45) is 8.75. The summed E-state index contributed by atoms with van der Waals surface area (Å²) in [5.41, 5.74) is 2.09. The van der Waals surface area contributed by atoms with Crippen LogP contribution in [0.4, 0.5) is 0 Å². The molecule has 0 radical (unpaired) electrons. The van der Waals surface area contributed by atoms with Crippen LogP contribution < -0.4 is 4.74 Å². The maximum atomic E-state index is 5.72. The smallest absolute Gasteiger partial charge is 0.241 e. The van der Waals surface area contributed by atoms with Crippen molar-refractivity contribution in [1.82, 2.24) is 19.6 Å². The van der Waals surface area contributed by atoms with Crippen LogP contribution in [0.2, 0.25) is 0 Å². The fourth-order valence-corrected chi connectivity index (χ4v) is 4.79. The Labute approximate surface area is 195 Å². The van der Waals surface area contributed by atoms with Gasteiger partial charge in [-0.05, 0) is 24.8 Å². The maximum absolute atomic E-state index is 5.72. The van der Waals surface area contributed by atoms with E-state index in [2.05, 4.69) is 26.9 Å². The van der Waals surface area contributed by atoms with Crippen LogP contribution in [-0.2, 0) is 22.6 Å². The molecule has 2 heterocycles. The average Bonchev–Trinajstić information content (AvgIpc) is 3.46. The summed E-state index contributed by atoms with van der Waals surface area (Å²) in [4.78, 5) is 6.94. The lowest BCUT2D eigenvalue weighted by Crippen LogP contribution is -2.30. The molecule has 0 spiro atoms. The van der Waals surface area contributed by atoms with Gasteiger partial charge in [0.05, 0.1) is 32.4 Å². The van der Waals surface area contributed by atoms with Gasteiger partial charge in [-0.15, -0.1) is 0 Å². The second-order valence-corrected chi connectivity index (χ2v) is 8.83. The molecule has 0 aliphatic heterocycles. The van der Waals surface area contributed by atoms with Crippen molar-refractivity contribution >= 4 is 10.9 Å². The van der Waals surface area contributed by atoms with Crippen LogP contribution in [0, 0.1) is 5.92 Å². The molecule has 0 unspecified atom stereocenters. The third kappa shape index (κ3) is 5.75. The van der Waals surface area contributed by atoms with Crippen molar-refractivity contribution in [2.45, 2.75) is 45.2 Å². The number of hydrogen-bond acceptors (Lipinski definition) is 7. The van der Waals surface area contributed by atoms with Gasteiger partial charge in [0.25, 0.3) is 0 Å². The normalized spacial score (nSPS) is 15.0. The number of ether oxygens (including phenoxy) is 3. The van der Waals surface area contributed by atoms with Crippen molar-refractivity contribution in [2.24, 2.45) is 5.92 Å². The monoisotopic (exact) mass is 456 g/mol. The van der Waals surface area contributed by atoms with Crippen LogP contribution in [0.5, 0.6) is 5.75 Å². The lowest BCUT2D eigenvalue weighted by molar-refractivity contribution is 0.103. The molecule has 8 heteroatoms. The summed E-state index contributed by atoms with van der Waals surface area (Å²) in [7, 11) is 5.14. The zero-order valence-corrected chi connectivity index (χ0v) is 20.1. The number of hydrogen-bond donors (Lipinski definition) is 0. The molecule has 1 aliphatic carbocycles. The van der Waals surface area contributed by atoms with Gasteiger partial charge in [0.15, 0.2) is 0 Å². The molecule has 1 aliphatic rings. The van der Waals surface area contributed by atoms with Gasteiger partial charge in [0, 0.05) is 51.0 Å². The first-order valence-electron chi connectivity index (χ1n) is 11.9. The first kappa shape index (κ1) is 23.7. The molecule has 0 N–H and O–H groups in total. The van der Waals surface area contributed by atoms with E-state index < -0.39 is 0 Å². The van der Waals surface area contributed by atoms with Gasteiger partial charge in [0.2, 0.25) is 11.7 Å². The third-order valence-corrected chi connectivity index (χ3v) is 6.55. The van der Waals surface area contributed by atoms with E-state index in [-0.39, 0.29) is 0 Å². The summed E-state index contributed by atoms with van der Waals surface area (Å²) >= 11 is 0. The summed E-state index contributed by atoms with van der Waals surface area (Å²) in [6.45, 7) is 4.37. The molecule has 0 amide bonds. The average molecular weight is 457 g/mol. The van der Waals surface area contributed by atoms with Crippen molar-refractivity contribution in [3.63, 3.8) is 0 Å². The Balaban J connectivity index is 1.61. The van der Waals surface area contributed by atoms with E-state index in [9.17, 15) is 0 Å². The van der Waals surface area contributed by atoms with Gasteiger partial charge >= 0.3 is 0 Å². The van der Waals surface area contributed by atoms with Gasteiger partial charge in [-0.2, -0.15) is 4.98 Å². The highest BCUT2D eigenvalue weighted by molar-refractivity contribution is 5.97. The molecule has 2 aromatic heterocycles. The third-order valence-electron chi connectivity index (χ3n) is 6.55. The number of rotatable bonds is 12. The second kappa shape index (κ2) is 11.6. The molecular formula is C25H36N4O4. The van der Waals surface area contributed by atoms with Crippen LogP contribution in [0.1, 0.15) is 38.0 Å². The summed E-state index contributed by atoms with van der Waals surface area (Å²) in [5.74, 6) is 2.78. The van der Waals surface area contributed by atoms with E-state index in [0.717, 1.165) is 41.9 Å². The molecular weight excluding hydrogens is 420 g/mol. The standard InChI is InChI=1S/C25H36N4O4/c1-30-14-12-28(13-15-31-2)18-23-26-25(27-33-23)21-17-29(16-19-8-5-4-6-9-19)24-20(21)10-7-11-22(24)32-3/h7,10-11,17,19H,4-6,8-9,12-16,18H2,1-3H3. The summed E-state index contributed by atoms with van der Waals surface area (Å²) in [6, 6.07) is 6.16. The van der Waals surface area contributed by atoms with Crippen molar-refractivity contribution in [3.8, 4) is 17.1 Å². The van der Waals surface area contributed by atoms with Crippen LogP contribution in [-0.4, -0.2) is 67.2 Å². The molecule has 8 nitrogen and oxygen atoms in total. The Morgan fingerprint density at radius 1 is 1.06 bits per heavy atom. The van der Waals surface area contributed by atoms with Gasteiger partial charge in [0.1, 0.15) is 5.75 Å². The van der Waals surface area contributed by atoms with Crippen LogP contribution in [0.3, 0.4) is 0 Å². The van der Waals surface area contributed by atoms with E-state index >= 15 is 0 Å². The van der Waals surface area contributed by atoms with E-state index in [0.29, 0.717) is 37.4 Å². The van der Waals surface area contributed by atoms with Gasteiger partial charge in [-0.3, -0.25) is 4.90 Å². The molecule has 1 aromatic carbocycles. The quantitative estimate of drug-likeness (QED) is 0.400. The van der Waals surface area contributed by atoms with Gasteiger partial charge < -0.3 is 23.3 Å². The molecule has 1 saturated carbocycles. The molecule has 1 fully saturated rings. The molecule has 4 rings (SSSR count). The molecule has 0 saturated heterocycles. The number of benzene rings is 1. The number of nitrogens with zero attached hydrogens (tertiary/aromatic N) is 4. The zero-order chi connectivity index (χ0) is 23.0. The predicted octanol–water partition coefficient (Wildman–Crippen LogP) is 4.38. The lowest BCUT2D eigenvalue weighted by Gasteiger charge is -2.22. The minimum Gasteiger partial charge on any atom is -0.495 e. The first-order valence-corrected chi connectivity index (χ1v) is 11.9. The Kier molecular flexibility index (Phi) is 8.36. The van der Waals surface area contributed by atoms with Crippen molar-refractivity contribution in [1.29, 1.82) is 0 Å². The Morgan fingerprint density at radius 3 is 2.52 bits per heavy atom. The van der Waals surface area contributed by atoms with E-state index in [1.54, 1.807) is 21.3 Å². The maximum Gasteiger partial charge on any atom is 0.241 e. The SMILES string of the molecule is COCCN(CCOC)Cc1nc(-c2cn(CC3CCCCC3)c3c(OC)cccc23)no1. The highest BCUT2D eigenvalue weighted by atomic mass is 16.5. The van der Waals surface area contributed by atoms with Crippen molar-refractivity contribution in [3.05, 3.63) is 30.3 Å². The summed E-state index contributed by atoms with van der Waals surface area (Å²) in [5, 5.41) is 5.43. The van der Waals surface area contributed by atoms with Gasteiger partial charge in [-0.1, -0.05) is 36.6 Å². The molecule has 0 atom stereocenters. The second-order valence-electron chi connectivity index (χ2n) is 8.83. The highest BCUT2D eigenvalue weighted by Crippen LogP contribution is 2.36. The zero-order valence-electron chi connectivity index (χ0n) is 20.1. The van der Waals surface area contributed by atoms with E-state index in [4.69, 9.17) is 23.7 Å². The number of para-hydroxylation sites is 1. The lowest BCUT2D eigenvalue weighted by atomic mass is 9.89. The number of methoxy groups -OCH3 is 3.